The van der Waals surface area contributed by atoms with Gasteiger partial charge in [0.15, 0.2) is 0 Å². The fourth-order valence-electron chi connectivity index (χ4n) is 3.04. The van der Waals surface area contributed by atoms with Crippen LogP contribution in [0.3, 0.4) is 0 Å². The molecular weight excluding hydrogens is 288 g/mol. The van der Waals surface area contributed by atoms with Gasteiger partial charge in [0, 0.05) is 19.3 Å². The van der Waals surface area contributed by atoms with E-state index in [0.29, 0.717) is 6.54 Å². The summed E-state index contributed by atoms with van der Waals surface area (Å²) >= 11 is 0. The molecule has 3 rings (SSSR count). The van der Waals surface area contributed by atoms with Crippen LogP contribution in [-0.4, -0.2) is 22.1 Å². The number of aromatic nitrogens is 2. The molecule has 0 saturated carbocycles. The number of carbonyl (C=O) groups is 1. The van der Waals surface area contributed by atoms with E-state index < -0.39 is 0 Å². The second kappa shape index (κ2) is 6.86. The molecule has 2 aromatic rings. The van der Waals surface area contributed by atoms with E-state index in [1.165, 1.54) is 31.3 Å². The van der Waals surface area contributed by atoms with E-state index >= 15 is 0 Å². The van der Waals surface area contributed by atoms with E-state index in [2.05, 4.69) is 21.7 Å². The van der Waals surface area contributed by atoms with Crippen molar-refractivity contribution in [1.29, 1.82) is 0 Å². The van der Waals surface area contributed by atoms with Crippen molar-refractivity contribution in [3.8, 4) is 0 Å². The van der Waals surface area contributed by atoms with Gasteiger partial charge in [-0.3, -0.25) is 0 Å². The number of nitrogens with one attached hydrogen (secondary N) is 2. The van der Waals surface area contributed by atoms with Gasteiger partial charge < -0.3 is 15.2 Å². The zero-order valence-corrected chi connectivity index (χ0v) is 13.9. The maximum absolute atomic E-state index is 12.0. The van der Waals surface area contributed by atoms with E-state index in [4.69, 9.17) is 0 Å². The Morgan fingerprint density at radius 2 is 2.22 bits per heavy atom. The molecule has 1 aliphatic rings. The highest BCUT2D eigenvalue weighted by Crippen LogP contribution is 2.20. The van der Waals surface area contributed by atoms with Crippen molar-refractivity contribution in [2.75, 3.05) is 11.9 Å². The third kappa shape index (κ3) is 3.73. The van der Waals surface area contributed by atoms with Crippen molar-refractivity contribution in [3.63, 3.8) is 0 Å². The van der Waals surface area contributed by atoms with E-state index in [1.807, 2.05) is 36.7 Å². The standard InChI is InChI=1S/C18H24N4O/c1-13-20-16-12-15(8-9-17(16)22(13)2)21-18(23)19-11-10-14-6-4-3-5-7-14/h6,8-9,12H,3-5,7,10-11H2,1-2H3,(H2,19,21,23). The number of carbonyl (C=O) groups excluding carboxylic acids is 1. The first-order chi connectivity index (χ1) is 11.1. The van der Waals surface area contributed by atoms with E-state index in [1.54, 1.807) is 0 Å². The first-order valence-electron chi connectivity index (χ1n) is 8.29. The van der Waals surface area contributed by atoms with Crippen LogP contribution in [0.2, 0.25) is 0 Å². The van der Waals surface area contributed by atoms with Gasteiger partial charge in [-0.1, -0.05) is 11.6 Å². The maximum atomic E-state index is 12.0. The molecule has 23 heavy (non-hydrogen) atoms. The first-order valence-corrected chi connectivity index (χ1v) is 8.29. The molecule has 5 nitrogen and oxygen atoms in total. The number of urea groups is 1. The van der Waals surface area contributed by atoms with E-state index in [-0.39, 0.29) is 6.03 Å². The summed E-state index contributed by atoms with van der Waals surface area (Å²) in [5.41, 5.74) is 4.21. The van der Waals surface area contributed by atoms with E-state index in [0.717, 1.165) is 29.0 Å². The highest BCUT2D eigenvalue weighted by atomic mass is 16.2. The number of hydrogen-bond donors (Lipinski definition) is 2. The van der Waals surface area contributed by atoms with Gasteiger partial charge in [0.25, 0.3) is 0 Å². The monoisotopic (exact) mass is 312 g/mol. The predicted molar refractivity (Wildman–Crippen MR) is 93.6 cm³/mol. The molecule has 0 unspecified atom stereocenters. The molecule has 0 spiro atoms. The zero-order chi connectivity index (χ0) is 16.2. The molecule has 1 heterocycles. The second-order valence-corrected chi connectivity index (χ2v) is 6.16. The van der Waals surface area contributed by atoms with Gasteiger partial charge in [-0.15, -0.1) is 0 Å². The van der Waals surface area contributed by atoms with Crippen molar-refractivity contribution in [2.45, 2.75) is 39.0 Å². The van der Waals surface area contributed by atoms with Gasteiger partial charge in [-0.2, -0.15) is 0 Å². The topological polar surface area (TPSA) is 59.0 Å². The molecule has 2 amide bonds. The average Bonchev–Trinajstić information content (AvgIpc) is 2.82. The summed E-state index contributed by atoms with van der Waals surface area (Å²) in [7, 11) is 1.99. The Balaban J connectivity index is 1.54. The van der Waals surface area contributed by atoms with Gasteiger partial charge in [0.05, 0.1) is 11.0 Å². The van der Waals surface area contributed by atoms with Crippen LogP contribution in [0.5, 0.6) is 0 Å². The van der Waals surface area contributed by atoms with Crippen LogP contribution in [0, 0.1) is 6.92 Å². The molecule has 0 radical (unpaired) electrons. The Morgan fingerprint density at radius 3 is 3.00 bits per heavy atom. The fraction of sp³-hybridized carbons (Fsp3) is 0.444. The summed E-state index contributed by atoms with van der Waals surface area (Å²) in [4.78, 5) is 16.5. The number of allylic oxidation sites excluding steroid dienone is 1. The molecule has 0 saturated heterocycles. The highest BCUT2D eigenvalue weighted by Gasteiger charge is 2.08. The summed E-state index contributed by atoms with van der Waals surface area (Å²) in [6.45, 7) is 2.66. The third-order valence-corrected chi connectivity index (χ3v) is 4.48. The molecular formula is C18H24N4O. The Hall–Kier alpha value is -2.30. The summed E-state index contributed by atoms with van der Waals surface area (Å²) < 4.78 is 2.04. The first kappa shape index (κ1) is 15.6. The SMILES string of the molecule is Cc1nc2cc(NC(=O)NCCC3=CCCCC3)ccc2n1C. The minimum Gasteiger partial charge on any atom is -0.338 e. The number of imidazole rings is 1. The largest absolute Gasteiger partial charge is 0.338 e. The number of hydrogen-bond acceptors (Lipinski definition) is 2. The Labute approximate surface area is 136 Å². The fourth-order valence-corrected chi connectivity index (χ4v) is 3.04. The third-order valence-electron chi connectivity index (χ3n) is 4.48. The Kier molecular flexibility index (Phi) is 4.65. The Morgan fingerprint density at radius 1 is 1.35 bits per heavy atom. The number of amides is 2. The minimum atomic E-state index is -0.159. The summed E-state index contributed by atoms with van der Waals surface area (Å²) in [5, 5.41) is 5.81. The van der Waals surface area contributed by atoms with Crippen molar-refractivity contribution < 1.29 is 4.79 Å². The molecule has 1 aromatic carbocycles. The highest BCUT2D eigenvalue weighted by molar-refractivity contribution is 5.92. The van der Waals surface area contributed by atoms with Gasteiger partial charge in [-0.05, 0) is 57.2 Å². The Bertz CT molecular complexity index is 745. The summed E-state index contributed by atoms with van der Waals surface area (Å²) in [5.74, 6) is 0.961. The zero-order valence-electron chi connectivity index (χ0n) is 13.9. The molecule has 1 aromatic heterocycles. The maximum Gasteiger partial charge on any atom is 0.319 e. The molecule has 2 N–H and O–H groups in total. The van der Waals surface area contributed by atoms with Crippen LogP contribution in [-0.2, 0) is 7.05 Å². The van der Waals surface area contributed by atoms with Crippen LogP contribution in [0.4, 0.5) is 10.5 Å². The van der Waals surface area contributed by atoms with Crippen molar-refractivity contribution in [3.05, 3.63) is 35.7 Å². The lowest BCUT2D eigenvalue weighted by Gasteiger charge is -2.13. The molecule has 0 bridgehead atoms. The molecule has 1 aliphatic carbocycles. The second-order valence-electron chi connectivity index (χ2n) is 6.16. The van der Waals surface area contributed by atoms with Crippen molar-refractivity contribution >= 4 is 22.8 Å². The molecule has 122 valence electrons. The van der Waals surface area contributed by atoms with Crippen LogP contribution >= 0.6 is 0 Å². The number of fused-ring (bicyclic) bond motifs is 1. The van der Waals surface area contributed by atoms with Crippen LogP contribution in [0.15, 0.2) is 29.8 Å². The number of anilines is 1. The lowest BCUT2D eigenvalue weighted by Crippen LogP contribution is -2.29. The number of rotatable bonds is 4. The lowest BCUT2D eigenvalue weighted by atomic mass is 9.97. The van der Waals surface area contributed by atoms with Gasteiger partial charge in [0.2, 0.25) is 0 Å². The van der Waals surface area contributed by atoms with Crippen molar-refractivity contribution in [2.24, 2.45) is 7.05 Å². The number of benzene rings is 1. The van der Waals surface area contributed by atoms with Gasteiger partial charge >= 0.3 is 6.03 Å². The van der Waals surface area contributed by atoms with Crippen LogP contribution in [0.1, 0.15) is 37.9 Å². The van der Waals surface area contributed by atoms with Crippen molar-refractivity contribution in [1.82, 2.24) is 14.9 Å². The lowest BCUT2D eigenvalue weighted by molar-refractivity contribution is 0.252. The van der Waals surface area contributed by atoms with Crippen LogP contribution in [0.25, 0.3) is 11.0 Å². The molecule has 0 aliphatic heterocycles. The van der Waals surface area contributed by atoms with E-state index in [9.17, 15) is 4.79 Å². The molecule has 5 heteroatoms. The summed E-state index contributed by atoms with van der Waals surface area (Å²) in [6.07, 6.45) is 8.21. The minimum absolute atomic E-state index is 0.159. The summed E-state index contributed by atoms with van der Waals surface area (Å²) in [6, 6.07) is 5.64. The number of nitrogens with zero attached hydrogens (tertiary/aromatic N) is 2. The van der Waals surface area contributed by atoms with Gasteiger partial charge in [-0.25, -0.2) is 9.78 Å². The molecule has 0 atom stereocenters. The average molecular weight is 312 g/mol. The predicted octanol–water partition coefficient (Wildman–Crippen LogP) is 3.89. The molecule has 0 fully saturated rings. The quantitative estimate of drug-likeness (QED) is 0.841. The number of aryl methyl sites for hydroxylation is 2. The van der Waals surface area contributed by atoms with Crippen LogP contribution < -0.4 is 10.6 Å². The van der Waals surface area contributed by atoms with Gasteiger partial charge in [0.1, 0.15) is 5.82 Å². The smallest absolute Gasteiger partial charge is 0.319 e. The normalized spacial score (nSPS) is 14.6.